The SMILES string of the molecule is Cl.Cl.N[C@H]1CCCN(c2ccc(C(F)(F)F)cc2NC(=O)c2cc(I)ccc2F)C1. The van der Waals surface area contributed by atoms with Gasteiger partial charge in [-0.2, -0.15) is 13.2 Å². The number of nitrogens with one attached hydrogen (secondary N) is 1. The minimum atomic E-state index is -4.57. The van der Waals surface area contributed by atoms with Crippen molar-refractivity contribution in [2.24, 2.45) is 5.73 Å². The Balaban J connectivity index is 0.00000225. The van der Waals surface area contributed by atoms with Gasteiger partial charge < -0.3 is 16.0 Å². The number of anilines is 2. The van der Waals surface area contributed by atoms with Crippen LogP contribution in [0.15, 0.2) is 36.4 Å². The lowest BCUT2D eigenvalue weighted by atomic mass is 10.0. The summed E-state index contributed by atoms with van der Waals surface area (Å²) in [6, 6.07) is 7.05. The van der Waals surface area contributed by atoms with E-state index in [-0.39, 0.29) is 42.1 Å². The summed E-state index contributed by atoms with van der Waals surface area (Å²) in [6.07, 6.45) is -2.95. The molecule has 1 fully saturated rings. The van der Waals surface area contributed by atoms with Gasteiger partial charge in [0.2, 0.25) is 0 Å². The molecule has 0 aromatic heterocycles. The van der Waals surface area contributed by atoms with Gasteiger partial charge in [0.25, 0.3) is 5.91 Å². The number of nitrogens with two attached hydrogens (primary N) is 1. The van der Waals surface area contributed by atoms with Crippen molar-refractivity contribution in [2.45, 2.75) is 25.1 Å². The molecule has 0 unspecified atom stereocenters. The first kappa shape index (κ1) is 26.7. The van der Waals surface area contributed by atoms with Gasteiger partial charge >= 0.3 is 6.18 Å². The monoisotopic (exact) mass is 579 g/mol. The van der Waals surface area contributed by atoms with E-state index in [1.165, 1.54) is 18.2 Å². The van der Waals surface area contributed by atoms with E-state index in [0.29, 0.717) is 22.3 Å². The lowest BCUT2D eigenvalue weighted by molar-refractivity contribution is -0.137. The normalized spacial score (nSPS) is 16.3. The van der Waals surface area contributed by atoms with Crippen molar-refractivity contribution in [3.63, 3.8) is 0 Å². The molecule has 1 atom stereocenters. The summed E-state index contributed by atoms with van der Waals surface area (Å²) in [6.45, 7) is 1.07. The highest BCUT2D eigenvalue weighted by molar-refractivity contribution is 14.1. The van der Waals surface area contributed by atoms with E-state index >= 15 is 0 Å². The first-order valence-corrected chi connectivity index (χ1v) is 9.71. The van der Waals surface area contributed by atoms with Crippen molar-refractivity contribution in [1.82, 2.24) is 0 Å². The Labute approximate surface area is 197 Å². The number of amides is 1. The van der Waals surface area contributed by atoms with E-state index in [2.05, 4.69) is 5.32 Å². The number of carbonyl (C=O) groups excluding carboxylic acids is 1. The molecule has 3 N–H and O–H groups in total. The summed E-state index contributed by atoms with van der Waals surface area (Å²) in [5, 5.41) is 2.45. The second-order valence-electron chi connectivity index (χ2n) is 6.66. The van der Waals surface area contributed by atoms with Gasteiger partial charge in [0, 0.05) is 22.7 Å². The number of carbonyl (C=O) groups is 1. The van der Waals surface area contributed by atoms with Crippen molar-refractivity contribution in [1.29, 1.82) is 0 Å². The summed E-state index contributed by atoms with van der Waals surface area (Å²) in [7, 11) is 0. The van der Waals surface area contributed by atoms with E-state index in [4.69, 9.17) is 5.73 Å². The molecule has 0 saturated carbocycles. The smallest absolute Gasteiger partial charge is 0.368 e. The fraction of sp³-hybridized carbons (Fsp3) is 0.316. The van der Waals surface area contributed by atoms with Crippen LogP contribution in [0.2, 0.25) is 0 Å². The molecule has 11 heteroatoms. The van der Waals surface area contributed by atoms with Gasteiger partial charge in [0.15, 0.2) is 0 Å². The second-order valence-corrected chi connectivity index (χ2v) is 7.90. The molecule has 1 aliphatic heterocycles. The van der Waals surface area contributed by atoms with Crippen LogP contribution in [0.3, 0.4) is 0 Å². The second kappa shape index (κ2) is 10.8. The number of alkyl halides is 3. The Kier molecular flexibility index (Phi) is 9.65. The van der Waals surface area contributed by atoms with Gasteiger partial charge in [-0.25, -0.2) is 4.39 Å². The minimum absolute atomic E-state index is 0. The molecule has 1 heterocycles. The van der Waals surface area contributed by atoms with E-state index in [9.17, 15) is 22.4 Å². The molecule has 4 nitrogen and oxygen atoms in total. The molecule has 0 radical (unpaired) electrons. The largest absolute Gasteiger partial charge is 0.416 e. The maximum atomic E-state index is 14.0. The van der Waals surface area contributed by atoms with E-state index in [1.54, 1.807) is 0 Å². The van der Waals surface area contributed by atoms with Crippen molar-refractivity contribution < 1.29 is 22.4 Å². The van der Waals surface area contributed by atoms with Crippen molar-refractivity contribution in [3.05, 3.63) is 56.9 Å². The number of hydrogen-bond acceptors (Lipinski definition) is 3. The highest BCUT2D eigenvalue weighted by Crippen LogP contribution is 2.36. The third-order valence-corrected chi connectivity index (χ3v) is 5.21. The summed E-state index contributed by atoms with van der Waals surface area (Å²) >= 11 is 1.93. The van der Waals surface area contributed by atoms with Gasteiger partial charge in [-0.1, -0.05) is 0 Å². The van der Waals surface area contributed by atoms with Crippen LogP contribution in [0, 0.1) is 9.39 Å². The van der Waals surface area contributed by atoms with Crippen LogP contribution in [0.4, 0.5) is 28.9 Å². The van der Waals surface area contributed by atoms with Crippen molar-refractivity contribution in [3.8, 4) is 0 Å². The Morgan fingerprint density at radius 2 is 1.87 bits per heavy atom. The number of hydrogen-bond donors (Lipinski definition) is 2. The van der Waals surface area contributed by atoms with Crippen molar-refractivity contribution in [2.75, 3.05) is 23.3 Å². The fourth-order valence-electron chi connectivity index (χ4n) is 3.18. The van der Waals surface area contributed by atoms with Gasteiger partial charge in [-0.3, -0.25) is 4.79 Å². The molecule has 1 saturated heterocycles. The number of rotatable bonds is 3. The van der Waals surface area contributed by atoms with E-state index in [1.807, 2.05) is 27.5 Å². The zero-order valence-corrected chi connectivity index (χ0v) is 19.3. The third-order valence-electron chi connectivity index (χ3n) is 4.54. The van der Waals surface area contributed by atoms with Crippen LogP contribution in [-0.4, -0.2) is 25.0 Å². The molecular formula is C19H20Cl2F4IN3O. The quantitative estimate of drug-likeness (QED) is 0.374. The van der Waals surface area contributed by atoms with Crippen LogP contribution >= 0.6 is 47.4 Å². The van der Waals surface area contributed by atoms with Crippen LogP contribution in [0.5, 0.6) is 0 Å². The molecule has 0 spiro atoms. The van der Waals surface area contributed by atoms with Crippen LogP contribution < -0.4 is 16.0 Å². The number of halogens is 7. The maximum Gasteiger partial charge on any atom is 0.416 e. The lowest BCUT2D eigenvalue weighted by Crippen LogP contribution is -2.43. The fourth-order valence-corrected chi connectivity index (χ4v) is 3.67. The van der Waals surface area contributed by atoms with Gasteiger partial charge in [0.1, 0.15) is 5.82 Å². The summed E-state index contributed by atoms with van der Waals surface area (Å²) in [5.74, 6) is -1.55. The number of nitrogens with zero attached hydrogens (tertiary/aromatic N) is 1. The Bertz CT molecular complexity index is 899. The summed E-state index contributed by atoms with van der Waals surface area (Å²) in [4.78, 5) is 14.4. The predicted molar refractivity (Wildman–Crippen MR) is 122 cm³/mol. The van der Waals surface area contributed by atoms with Crippen LogP contribution in [0.25, 0.3) is 0 Å². The molecular weight excluding hydrogens is 560 g/mol. The first-order valence-electron chi connectivity index (χ1n) is 8.63. The summed E-state index contributed by atoms with van der Waals surface area (Å²) < 4.78 is 54.2. The molecule has 166 valence electrons. The predicted octanol–water partition coefficient (Wildman–Crippen LogP) is 5.47. The lowest BCUT2D eigenvalue weighted by Gasteiger charge is -2.34. The molecule has 2 aromatic carbocycles. The zero-order valence-electron chi connectivity index (χ0n) is 15.5. The summed E-state index contributed by atoms with van der Waals surface area (Å²) in [5.41, 5.74) is 5.27. The Hall–Kier alpha value is -1.30. The van der Waals surface area contributed by atoms with E-state index in [0.717, 1.165) is 31.0 Å². The van der Waals surface area contributed by atoms with Gasteiger partial charge in [-0.15, -0.1) is 24.8 Å². The highest BCUT2D eigenvalue weighted by Gasteiger charge is 2.32. The number of piperidine rings is 1. The van der Waals surface area contributed by atoms with E-state index < -0.39 is 23.5 Å². The third kappa shape index (κ3) is 6.35. The molecule has 30 heavy (non-hydrogen) atoms. The van der Waals surface area contributed by atoms with Crippen molar-refractivity contribution >= 4 is 64.7 Å². The molecule has 1 aliphatic rings. The van der Waals surface area contributed by atoms with Crippen LogP contribution in [0.1, 0.15) is 28.8 Å². The van der Waals surface area contributed by atoms with Crippen LogP contribution in [-0.2, 0) is 6.18 Å². The number of benzene rings is 2. The average molecular weight is 580 g/mol. The topological polar surface area (TPSA) is 58.4 Å². The standard InChI is InChI=1S/C19H18F4IN3O.2ClH/c20-15-5-4-12(24)9-14(15)18(28)26-16-8-11(19(21,22)23)3-6-17(16)27-7-1-2-13(25)10-27;;/h3-6,8-9,13H,1-2,7,10,25H2,(H,26,28);2*1H/t13-;;/m0../s1. The minimum Gasteiger partial charge on any atom is -0.368 e. The van der Waals surface area contributed by atoms with Gasteiger partial charge in [0.05, 0.1) is 22.5 Å². The highest BCUT2D eigenvalue weighted by atomic mass is 127. The average Bonchev–Trinajstić information content (AvgIpc) is 2.63. The molecule has 2 aromatic rings. The van der Waals surface area contributed by atoms with Gasteiger partial charge in [-0.05, 0) is 71.8 Å². The Morgan fingerprint density at radius 3 is 2.50 bits per heavy atom. The molecule has 3 rings (SSSR count). The zero-order chi connectivity index (χ0) is 20.5. The first-order chi connectivity index (χ1) is 13.1. The molecule has 1 amide bonds. The molecule has 0 bridgehead atoms. The molecule has 0 aliphatic carbocycles. The maximum absolute atomic E-state index is 14.0. The Morgan fingerprint density at radius 1 is 1.17 bits per heavy atom.